The molecular formula is C29H29FN4S. The number of benzene rings is 2. The molecule has 2 aromatic carbocycles. The normalized spacial score (nSPS) is 17.7. The van der Waals surface area contributed by atoms with Crippen molar-refractivity contribution in [2.75, 3.05) is 4.90 Å². The Morgan fingerprint density at radius 1 is 0.914 bits per heavy atom. The van der Waals surface area contributed by atoms with Crippen molar-refractivity contribution in [1.29, 1.82) is 0 Å². The van der Waals surface area contributed by atoms with Gasteiger partial charge in [-0.05, 0) is 112 Å². The molecule has 1 fully saturated rings. The van der Waals surface area contributed by atoms with E-state index in [4.69, 9.17) is 12.2 Å². The van der Waals surface area contributed by atoms with E-state index in [-0.39, 0.29) is 17.9 Å². The third kappa shape index (κ3) is 4.02. The van der Waals surface area contributed by atoms with Crippen LogP contribution in [0.25, 0.3) is 5.69 Å². The molecule has 178 valence electrons. The van der Waals surface area contributed by atoms with Gasteiger partial charge in [-0.2, -0.15) is 0 Å². The minimum absolute atomic E-state index is 0.146. The van der Waals surface area contributed by atoms with Crippen LogP contribution in [0.2, 0.25) is 0 Å². The number of anilines is 1. The minimum Gasteiger partial charge on any atom is -0.351 e. The molecule has 5 rings (SSSR count). The highest BCUT2D eigenvalue weighted by Crippen LogP contribution is 2.44. The lowest BCUT2D eigenvalue weighted by Gasteiger charge is -2.28. The molecule has 6 heteroatoms. The SMILES string of the molecule is Cc1ccc(C)c(-n2c(C)cc([C@@H]3[C@@H](c4ccccn4)NC(=S)N3c3ccc(F)c(C)c3)c2C)c1. The van der Waals surface area contributed by atoms with E-state index in [2.05, 4.69) is 71.7 Å². The fraction of sp³-hybridized carbons (Fsp3) is 0.241. The van der Waals surface area contributed by atoms with Crippen LogP contribution in [0, 0.1) is 40.4 Å². The van der Waals surface area contributed by atoms with Gasteiger partial charge in [0.1, 0.15) is 5.82 Å². The van der Waals surface area contributed by atoms with Crippen molar-refractivity contribution < 1.29 is 4.39 Å². The van der Waals surface area contributed by atoms with E-state index in [9.17, 15) is 4.39 Å². The quantitative estimate of drug-likeness (QED) is 0.326. The molecule has 0 bridgehead atoms. The zero-order valence-electron chi connectivity index (χ0n) is 20.6. The van der Waals surface area contributed by atoms with Crippen molar-refractivity contribution in [3.63, 3.8) is 0 Å². The molecule has 0 amide bonds. The number of pyridine rings is 1. The standard InChI is InChI=1S/C29H29FN4S/c1-17-9-10-18(2)26(14-17)33-20(4)16-23(21(33)5)28-27(25-8-6-7-13-31-25)32-29(35)34(28)22-11-12-24(30)19(3)15-22/h6-16,27-28H,1-5H3,(H,32,35)/t27-,28-/m1/s1. The Bertz CT molecular complexity index is 1430. The van der Waals surface area contributed by atoms with Gasteiger partial charge in [0, 0.05) is 29.0 Å². The van der Waals surface area contributed by atoms with Crippen LogP contribution in [0.3, 0.4) is 0 Å². The molecule has 0 spiro atoms. The van der Waals surface area contributed by atoms with E-state index in [1.165, 1.54) is 22.9 Å². The number of nitrogens with one attached hydrogen (secondary N) is 1. The van der Waals surface area contributed by atoms with Gasteiger partial charge in [0.15, 0.2) is 5.11 Å². The highest BCUT2D eigenvalue weighted by molar-refractivity contribution is 7.80. The topological polar surface area (TPSA) is 33.1 Å². The van der Waals surface area contributed by atoms with Gasteiger partial charge >= 0.3 is 0 Å². The van der Waals surface area contributed by atoms with Crippen molar-refractivity contribution >= 4 is 23.0 Å². The first-order chi connectivity index (χ1) is 16.8. The predicted octanol–water partition coefficient (Wildman–Crippen LogP) is 6.73. The number of hydrogen-bond acceptors (Lipinski definition) is 2. The molecule has 4 aromatic rings. The maximum absolute atomic E-state index is 14.1. The fourth-order valence-corrected chi connectivity index (χ4v) is 5.49. The summed E-state index contributed by atoms with van der Waals surface area (Å²) in [5.41, 5.74) is 9.45. The molecule has 35 heavy (non-hydrogen) atoms. The smallest absolute Gasteiger partial charge is 0.174 e. The monoisotopic (exact) mass is 484 g/mol. The number of rotatable bonds is 4. The van der Waals surface area contributed by atoms with E-state index in [0.717, 1.165) is 28.3 Å². The fourth-order valence-electron chi connectivity index (χ4n) is 5.15. The van der Waals surface area contributed by atoms with Crippen molar-refractivity contribution in [2.24, 2.45) is 0 Å². The van der Waals surface area contributed by atoms with Crippen LogP contribution in [-0.2, 0) is 0 Å². The zero-order chi connectivity index (χ0) is 24.9. The molecule has 1 aliphatic heterocycles. The average molecular weight is 485 g/mol. The summed E-state index contributed by atoms with van der Waals surface area (Å²) in [7, 11) is 0. The van der Waals surface area contributed by atoms with E-state index in [1.807, 2.05) is 24.3 Å². The molecule has 1 N–H and O–H groups in total. The number of halogens is 1. The van der Waals surface area contributed by atoms with Gasteiger partial charge in [-0.3, -0.25) is 4.98 Å². The third-order valence-corrected chi connectivity index (χ3v) is 7.23. The third-order valence-electron chi connectivity index (χ3n) is 6.91. The first kappa shape index (κ1) is 23.2. The number of hydrogen-bond donors (Lipinski definition) is 1. The maximum atomic E-state index is 14.1. The Balaban J connectivity index is 1.71. The first-order valence-corrected chi connectivity index (χ1v) is 12.2. The summed E-state index contributed by atoms with van der Waals surface area (Å²) >= 11 is 5.85. The lowest BCUT2D eigenvalue weighted by molar-refractivity contribution is 0.564. The van der Waals surface area contributed by atoms with Crippen LogP contribution in [0.4, 0.5) is 10.1 Å². The molecule has 1 saturated heterocycles. The number of aromatic nitrogens is 2. The second-order valence-electron chi connectivity index (χ2n) is 9.38. The Morgan fingerprint density at radius 3 is 2.43 bits per heavy atom. The van der Waals surface area contributed by atoms with E-state index in [1.54, 1.807) is 19.2 Å². The van der Waals surface area contributed by atoms with Gasteiger partial charge in [0.05, 0.1) is 17.8 Å². The minimum atomic E-state index is -0.224. The summed E-state index contributed by atoms with van der Waals surface area (Å²) in [4.78, 5) is 6.77. The van der Waals surface area contributed by atoms with Gasteiger partial charge < -0.3 is 14.8 Å². The molecule has 0 saturated carbocycles. The average Bonchev–Trinajstić information content (AvgIpc) is 3.33. The Hall–Kier alpha value is -3.51. The van der Waals surface area contributed by atoms with Crippen molar-refractivity contribution in [3.05, 3.63) is 112 Å². The summed E-state index contributed by atoms with van der Waals surface area (Å²) in [6.07, 6.45) is 1.81. The number of thiocarbonyl (C=S) groups is 1. The summed E-state index contributed by atoms with van der Waals surface area (Å²) < 4.78 is 16.5. The lowest BCUT2D eigenvalue weighted by atomic mass is 9.96. The van der Waals surface area contributed by atoms with E-state index < -0.39 is 0 Å². The summed E-state index contributed by atoms with van der Waals surface area (Å²) in [5.74, 6) is -0.224. The predicted molar refractivity (Wildman–Crippen MR) is 144 cm³/mol. The second kappa shape index (κ2) is 8.93. The van der Waals surface area contributed by atoms with E-state index >= 15 is 0 Å². The van der Waals surface area contributed by atoms with Gasteiger partial charge in [-0.25, -0.2) is 4.39 Å². The van der Waals surface area contributed by atoms with Crippen LogP contribution in [0.15, 0.2) is 66.9 Å². The van der Waals surface area contributed by atoms with Crippen LogP contribution in [-0.4, -0.2) is 14.7 Å². The molecule has 3 heterocycles. The molecule has 1 aliphatic rings. The first-order valence-electron chi connectivity index (χ1n) is 11.8. The van der Waals surface area contributed by atoms with Crippen LogP contribution in [0.5, 0.6) is 0 Å². The molecule has 0 radical (unpaired) electrons. The lowest BCUT2D eigenvalue weighted by Crippen LogP contribution is -2.29. The molecular weight excluding hydrogens is 455 g/mol. The van der Waals surface area contributed by atoms with Crippen molar-refractivity contribution in [1.82, 2.24) is 14.9 Å². The van der Waals surface area contributed by atoms with Gasteiger partial charge in [0.25, 0.3) is 0 Å². The highest BCUT2D eigenvalue weighted by atomic mass is 32.1. The Labute approximate surface area is 211 Å². The molecule has 2 aromatic heterocycles. The summed E-state index contributed by atoms with van der Waals surface area (Å²) in [6.45, 7) is 10.3. The Morgan fingerprint density at radius 2 is 1.71 bits per heavy atom. The number of nitrogens with zero attached hydrogens (tertiary/aromatic N) is 3. The second-order valence-corrected chi connectivity index (χ2v) is 9.77. The van der Waals surface area contributed by atoms with Crippen LogP contribution < -0.4 is 10.2 Å². The van der Waals surface area contributed by atoms with Gasteiger partial charge in [-0.15, -0.1) is 0 Å². The summed E-state index contributed by atoms with van der Waals surface area (Å²) in [5, 5.41) is 4.11. The molecule has 0 aliphatic carbocycles. The maximum Gasteiger partial charge on any atom is 0.174 e. The van der Waals surface area contributed by atoms with Crippen molar-refractivity contribution in [2.45, 2.75) is 46.7 Å². The largest absolute Gasteiger partial charge is 0.351 e. The van der Waals surface area contributed by atoms with Crippen molar-refractivity contribution in [3.8, 4) is 5.69 Å². The highest BCUT2D eigenvalue weighted by Gasteiger charge is 2.42. The zero-order valence-corrected chi connectivity index (χ0v) is 21.4. The molecule has 2 atom stereocenters. The van der Waals surface area contributed by atoms with E-state index in [0.29, 0.717) is 10.7 Å². The van der Waals surface area contributed by atoms with Crippen LogP contribution >= 0.6 is 12.2 Å². The van der Waals surface area contributed by atoms with Gasteiger partial charge in [0.2, 0.25) is 0 Å². The Kier molecular flexibility index (Phi) is 5.93. The van der Waals surface area contributed by atoms with Gasteiger partial charge in [-0.1, -0.05) is 18.2 Å². The summed E-state index contributed by atoms with van der Waals surface area (Å²) in [6, 6.07) is 19.6. The molecule has 4 nitrogen and oxygen atoms in total. The van der Waals surface area contributed by atoms with Crippen LogP contribution in [0.1, 0.15) is 51.4 Å². The number of aryl methyl sites for hydroxylation is 4. The molecule has 0 unspecified atom stereocenters.